The van der Waals surface area contributed by atoms with Crippen LogP contribution in [0.25, 0.3) is 10.9 Å². The first kappa shape index (κ1) is 10.5. The van der Waals surface area contributed by atoms with Gasteiger partial charge in [-0.1, -0.05) is 0 Å². The standard InChI is InChI=1S/C6H3BrI2N3P/c7-5-1-3-4(2-10-5)12(13-9)11-6(3)8/h1-2,13H. The Morgan fingerprint density at radius 1 is 1.54 bits per heavy atom. The Labute approximate surface area is 112 Å². The number of rotatable bonds is 1. The van der Waals surface area contributed by atoms with Crippen LogP contribution in [-0.2, 0) is 0 Å². The van der Waals surface area contributed by atoms with Crippen LogP contribution in [0.2, 0.25) is 0 Å². The normalized spacial score (nSPS) is 11.9. The van der Waals surface area contributed by atoms with Crippen LogP contribution >= 0.6 is 66.9 Å². The molecule has 0 radical (unpaired) electrons. The largest absolute Gasteiger partial charge is 0.247 e. The van der Waals surface area contributed by atoms with Gasteiger partial charge >= 0.3 is 0 Å². The lowest BCUT2D eigenvalue weighted by Crippen LogP contribution is -1.83. The van der Waals surface area contributed by atoms with Crippen LogP contribution in [-0.4, -0.2) is 14.5 Å². The SMILES string of the molecule is Brc1cc2c(I)nn(PI)c2cn1. The second-order valence-corrected chi connectivity index (χ2v) is 6.19. The summed E-state index contributed by atoms with van der Waals surface area (Å²) < 4.78 is 3.85. The summed E-state index contributed by atoms with van der Waals surface area (Å²) in [5, 5.41) is 5.56. The van der Waals surface area contributed by atoms with E-state index in [-0.39, 0.29) is 0 Å². The Morgan fingerprint density at radius 3 is 3.00 bits per heavy atom. The van der Waals surface area contributed by atoms with Gasteiger partial charge in [0.05, 0.1) is 18.1 Å². The lowest BCUT2D eigenvalue weighted by Gasteiger charge is -1.95. The Bertz CT molecular complexity index is 458. The fourth-order valence-electron chi connectivity index (χ4n) is 1.02. The molecule has 1 atom stereocenters. The maximum absolute atomic E-state index is 4.40. The Morgan fingerprint density at radius 2 is 2.31 bits per heavy atom. The quantitative estimate of drug-likeness (QED) is 0.354. The van der Waals surface area contributed by atoms with Crippen LogP contribution in [0.15, 0.2) is 16.9 Å². The average Bonchev–Trinajstić information content (AvgIpc) is 2.43. The highest BCUT2D eigenvalue weighted by Gasteiger charge is 2.07. The van der Waals surface area contributed by atoms with Crippen molar-refractivity contribution < 1.29 is 0 Å². The minimum atomic E-state index is 0.617. The van der Waals surface area contributed by atoms with E-state index in [1.54, 1.807) is 0 Å². The van der Waals surface area contributed by atoms with Gasteiger partial charge in [0.1, 0.15) is 8.30 Å². The number of nitrogens with zero attached hydrogens (tertiary/aromatic N) is 3. The van der Waals surface area contributed by atoms with E-state index in [2.05, 4.69) is 70.6 Å². The molecule has 2 heterocycles. The fraction of sp³-hybridized carbons (Fsp3) is 0. The average molecular weight is 482 g/mol. The van der Waals surface area contributed by atoms with Crippen molar-refractivity contribution in [3.63, 3.8) is 0 Å². The van der Waals surface area contributed by atoms with Crippen molar-refractivity contribution in [3.05, 3.63) is 20.6 Å². The van der Waals surface area contributed by atoms with Gasteiger partial charge in [0.15, 0.2) is 0 Å². The van der Waals surface area contributed by atoms with E-state index in [1.165, 1.54) is 0 Å². The lowest BCUT2D eigenvalue weighted by atomic mass is 10.3. The first-order valence-electron chi connectivity index (χ1n) is 3.29. The molecule has 68 valence electrons. The molecule has 0 fully saturated rings. The molecule has 2 rings (SSSR count). The summed E-state index contributed by atoms with van der Waals surface area (Å²) in [6.07, 6.45) is 2.46. The predicted molar refractivity (Wildman–Crippen MR) is 75.7 cm³/mol. The van der Waals surface area contributed by atoms with Crippen LogP contribution in [0.4, 0.5) is 0 Å². The van der Waals surface area contributed by atoms with E-state index < -0.39 is 0 Å². The molecule has 0 aliphatic rings. The molecular weight excluding hydrogens is 479 g/mol. The van der Waals surface area contributed by atoms with E-state index in [4.69, 9.17) is 0 Å². The molecule has 0 amide bonds. The highest BCUT2D eigenvalue weighted by atomic mass is 127. The number of pyridine rings is 1. The van der Waals surface area contributed by atoms with Gasteiger partial charge in [0.25, 0.3) is 0 Å². The summed E-state index contributed by atoms with van der Waals surface area (Å²) in [4.78, 5) is 4.18. The van der Waals surface area contributed by atoms with Crippen molar-refractivity contribution in [1.82, 2.24) is 14.5 Å². The molecule has 7 heteroatoms. The second-order valence-electron chi connectivity index (χ2n) is 2.31. The van der Waals surface area contributed by atoms with Crippen molar-refractivity contribution in [2.24, 2.45) is 0 Å². The molecule has 0 aromatic carbocycles. The first-order valence-corrected chi connectivity index (χ1v) is 9.22. The van der Waals surface area contributed by atoms with Crippen molar-refractivity contribution >= 4 is 77.8 Å². The monoisotopic (exact) mass is 481 g/mol. The summed E-state index contributed by atoms with van der Waals surface area (Å²) >= 11 is 7.89. The Kier molecular flexibility index (Phi) is 3.43. The third-order valence-electron chi connectivity index (χ3n) is 1.57. The molecule has 0 bridgehead atoms. The van der Waals surface area contributed by atoms with Crippen molar-refractivity contribution in [2.45, 2.75) is 0 Å². The van der Waals surface area contributed by atoms with E-state index >= 15 is 0 Å². The van der Waals surface area contributed by atoms with Gasteiger partial charge in [-0.15, -0.1) is 0 Å². The van der Waals surface area contributed by atoms with Crippen molar-refractivity contribution in [1.29, 1.82) is 0 Å². The zero-order chi connectivity index (χ0) is 9.42. The lowest BCUT2D eigenvalue weighted by molar-refractivity contribution is 1.02. The maximum Gasteiger partial charge on any atom is 0.131 e. The van der Waals surface area contributed by atoms with E-state index in [1.807, 2.05) is 16.7 Å². The third-order valence-corrected chi connectivity index (χ3v) is 4.67. The molecule has 0 spiro atoms. The predicted octanol–water partition coefficient (Wildman–Crippen LogP) is 3.59. The number of hydrogen-bond acceptors (Lipinski definition) is 2. The summed E-state index contributed by atoms with van der Waals surface area (Å²) in [6, 6.07) is 2.00. The minimum Gasteiger partial charge on any atom is -0.247 e. The highest BCUT2D eigenvalue weighted by molar-refractivity contribution is 14.2. The summed E-state index contributed by atoms with van der Waals surface area (Å²) in [5.41, 5.74) is 1.10. The van der Waals surface area contributed by atoms with Crippen molar-refractivity contribution in [3.8, 4) is 0 Å². The maximum atomic E-state index is 4.40. The molecule has 0 aliphatic carbocycles. The zero-order valence-corrected chi connectivity index (χ0v) is 13.0. The zero-order valence-electron chi connectivity index (χ0n) is 6.13. The second kappa shape index (κ2) is 4.24. The van der Waals surface area contributed by atoms with Gasteiger partial charge in [-0.3, -0.25) is 0 Å². The molecule has 0 saturated carbocycles. The van der Waals surface area contributed by atoms with Gasteiger partial charge in [-0.2, -0.15) is 5.10 Å². The number of hydrogen-bond donors (Lipinski definition) is 0. The van der Waals surface area contributed by atoms with Crippen molar-refractivity contribution in [2.75, 3.05) is 0 Å². The van der Waals surface area contributed by atoms with Crippen LogP contribution < -0.4 is 0 Å². The summed E-state index contributed by atoms with van der Waals surface area (Å²) in [5.74, 6) is 0. The van der Waals surface area contributed by atoms with Crippen LogP contribution in [0, 0.1) is 3.70 Å². The molecule has 13 heavy (non-hydrogen) atoms. The van der Waals surface area contributed by atoms with Gasteiger partial charge in [-0.05, 0) is 66.6 Å². The molecule has 0 aliphatic heterocycles. The summed E-state index contributed by atoms with van der Waals surface area (Å²) in [7, 11) is 0. The molecule has 2 aromatic rings. The number of halogens is 3. The summed E-state index contributed by atoms with van der Waals surface area (Å²) in [6.45, 7) is 0. The minimum absolute atomic E-state index is 0.617. The molecule has 0 N–H and O–H groups in total. The van der Waals surface area contributed by atoms with Crippen LogP contribution in [0.3, 0.4) is 0 Å². The van der Waals surface area contributed by atoms with E-state index in [0.717, 1.165) is 19.2 Å². The first-order chi connectivity index (χ1) is 6.22. The number of fused-ring (bicyclic) bond motifs is 1. The third kappa shape index (κ3) is 2.00. The van der Waals surface area contributed by atoms with Crippen LogP contribution in [0.5, 0.6) is 0 Å². The van der Waals surface area contributed by atoms with E-state index in [9.17, 15) is 0 Å². The highest BCUT2D eigenvalue weighted by Crippen LogP contribution is 2.31. The van der Waals surface area contributed by atoms with Gasteiger partial charge in [0.2, 0.25) is 0 Å². The molecule has 2 aromatic heterocycles. The number of aromatic nitrogens is 3. The van der Waals surface area contributed by atoms with Gasteiger partial charge in [0, 0.05) is 5.39 Å². The van der Waals surface area contributed by atoms with Gasteiger partial charge in [-0.25, -0.2) is 9.44 Å². The molecule has 0 saturated heterocycles. The van der Waals surface area contributed by atoms with Crippen LogP contribution in [0.1, 0.15) is 0 Å². The molecule has 3 nitrogen and oxygen atoms in total. The fourth-order valence-corrected chi connectivity index (χ4v) is 3.71. The molecule has 1 unspecified atom stereocenters. The van der Waals surface area contributed by atoms with E-state index in [0.29, 0.717) is 6.37 Å². The Balaban J connectivity index is 2.80. The Hall–Kier alpha value is 0.990. The molecular formula is C6H3BrI2N3P. The topological polar surface area (TPSA) is 30.7 Å². The smallest absolute Gasteiger partial charge is 0.131 e. The van der Waals surface area contributed by atoms with Gasteiger partial charge < -0.3 is 0 Å².